The summed E-state index contributed by atoms with van der Waals surface area (Å²) >= 11 is 1.86. The molecule has 0 amide bonds. The molecule has 13 heavy (non-hydrogen) atoms. The SMILES string of the molecule is CSCCNCCc1nncn1C. The minimum atomic E-state index is 0.949. The van der Waals surface area contributed by atoms with Crippen LogP contribution in [0.5, 0.6) is 0 Å². The fraction of sp³-hybridized carbons (Fsp3) is 0.750. The van der Waals surface area contributed by atoms with Gasteiger partial charge in [0.1, 0.15) is 12.2 Å². The second kappa shape index (κ2) is 5.99. The summed E-state index contributed by atoms with van der Waals surface area (Å²) in [6.07, 6.45) is 4.80. The first-order valence-electron chi connectivity index (χ1n) is 4.37. The van der Waals surface area contributed by atoms with Gasteiger partial charge in [0.2, 0.25) is 0 Å². The van der Waals surface area contributed by atoms with E-state index in [-0.39, 0.29) is 0 Å². The second-order valence-corrected chi connectivity index (χ2v) is 3.84. The molecule has 1 N–H and O–H groups in total. The zero-order chi connectivity index (χ0) is 9.52. The molecule has 74 valence electrons. The van der Waals surface area contributed by atoms with Gasteiger partial charge in [0, 0.05) is 32.3 Å². The van der Waals surface area contributed by atoms with Crippen LogP contribution in [0.1, 0.15) is 5.82 Å². The minimum absolute atomic E-state index is 0.949. The van der Waals surface area contributed by atoms with Crippen molar-refractivity contribution in [3.8, 4) is 0 Å². The molecule has 4 nitrogen and oxygen atoms in total. The van der Waals surface area contributed by atoms with E-state index in [0.29, 0.717) is 0 Å². The highest BCUT2D eigenvalue weighted by atomic mass is 32.2. The van der Waals surface area contributed by atoms with Crippen LogP contribution >= 0.6 is 11.8 Å². The van der Waals surface area contributed by atoms with Gasteiger partial charge in [0.05, 0.1) is 0 Å². The standard InChI is InChI=1S/C8H16N4S/c1-12-7-10-11-8(12)3-4-9-5-6-13-2/h7,9H,3-6H2,1-2H3. The van der Waals surface area contributed by atoms with Crippen LogP contribution in [0.15, 0.2) is 6.33 Å². The smallest absolute Gasteiger partial charge is 0.133 e. The highest BCUT2D eigenvalue weighted by molar-refractivity contribution is 7.98. The van der Waals surface area contributed by atoms with Gasteiger partial charge in [-0.25, -0.2) is 0 Å². The number of nitrogens with one attached hydrogen (secondary N) is 1. The largest absolute Gasteiger partial charge is 0.321 e. The van der Waals surface area contributed by atoms with E-state index in [9.17, 15) is 0 Å². The molecule has 0 saturated heterocycles. The van der Waals surface area contributed by atoms with E-state index in [1.54, 1.807) is 6.33 Å². The number of hydrogen-bond donors (Lipinski definition) is 1. The highest BCUT2D eigenvalue weighted by Gasteiger charge is 1.98. The first-order chi connectivity index (χ1) is 6.34. The number of rotatable bonds is 6. The summed E-state index contributed by atoms with van der Waals surface area (Å²) in [4.78, 5) is 0. The molecule has 0 saturated carbocycles. The van der Waals surface area contributed by atoms with Gasteiger partial charge >= 0.3 is 0 Å². The van der Waals surface area contributed by atoms with Gasteiger partial charge in [-0.3, -0.25) is 0 Å². The molecule has 1 heterocycles. The molecule has 0 fully saturated rings. The Balaban J connectivity index is 2.10. The molecule has 0 aliphatic carbocycles. The average Bonchev–Trinajstić information content (AvgIpc) is 2.52. The molecule has 0 spiro atoms. The van der Waals surface area contributed by atoms with Crippen LogP contribution in [0.4, 0.5) is 0 Å². The predicted octanol–water partition coefficient (Wildman–Crippen LogP) is 0.310. The molecule has 0 aromatic carbocycles. The maximum atomic E-state index is 4.00. The Morgan fingerprint density at radius 1 is 1.54 bits per heavy atom. The van der Waals surface area contributed by atoms with Crippen molar-refractivity contribution in [3.63, 3.8) is 0 Å². The van der Waals surface area contributed by atoms with Gasteiger partial charge in [0.25, 0.3) is 0 Å². The van der Waals surface area contributed by atoms with E-state index in [1.165, 1.54) is 5.75 Å². The molecule has 0 atom stereocenters. The molecule has 0 bridgehead atoms. The van der Waals surface area contributed by atoms with Crippen LogP contribution < -0.4 is 5.32 Å². The van der Waals surface area contributed by atoms with Crippen LogP contribution in [-0.4, -0.2) is 39.9 Å². The zero-order valence-electron chi connectivity index (χ0n) is 8.16. The van der Waals surface area contributed by atoms with Gasteiger partial charge in [-0.05, 0) is 6.26 Å². The third kappa shape index (κ3) is 3.78. The molecular formula is C8H16N4S. The number of thioether (sulfide) groups is 1. The van der Waals surface area contributed by atoms with E-state index < -0.39 is 0 Å². The van der Waals surface area contributed by atoms with Crippen LogP contribution in [-0.2, 0) is 13.5 Å². The van der Waals surface area contributed by atoms with Gasteiger partial charge in [0.15, 0.2) is 0 Å². The lowest BCUT2D eigenvalue weighted by atomic mass is 10.4. The maximum absolute atomic E-state index is 4.00. The first-order valence-corrected chi connectivity index (χ1v) is 5.76. The Morgan fingerprint density at radius 2 is 2.38 bits per heavy atom. The summed E-state index contributed by atoms with van der Waals surface area (Å²) in [5, 5.41) is 11.2. The highest BCUT2D eigenvalue weighted by Crippen LogP contribution is 1.91. The number of aryl methyl sites for hydroxylation is 1. The fourth-order valence-electron chi connectivity index (χ4n) is 1.03. The van der Waals surface area contributed by atoms with Crippen molar-refractivity contribution < 1.29 is 0 Å². The number of nitrogens with zero attached hydrogens (tertiary/aromatic N) is 3. The van der Waals surface area contributed by atoms with E-state index in [1.807, 2.05) is 23.4 Å². The third-order valence-electron chi connectivity index (χ3n) is 1.81. The Bertz CT molecular complexity index is 236. The Labute approximate surface area is 83.1 Å². The van der Waals surface area contributed by atoms with Gasteiger partial charge < -0.3 is 9.88 Å². The summed E-state index contributed by atoms with van der Waals surface area (Å²) in [5.74, 6) is 2.20. The van der Waals surface area contributed by atoms with Gasteiger partial charge in [-0.2, -0.15) is 11.8 Å². The van der Waals surface area contributed by atoms with Crippen LogP contribution in [0, 0.1) is 0 Å². The zero-order valence-corrected chi connectivity index (χ0v) is 8.97. The molecule has 5 heteroatoms. The molecule has 1 aromatic rings. The van der Waals surface area contributed by atoms with E-state index >= 15 is 0 Å². The van der Waals surface area contributed by atoms with Gasteiger partial charge in [-0.15, -0.1) is 10.2 Å². The summed E-state index contributed by atoms with van der Waals surface area (Å²) in [6, 6.07) is 0. The molecule has 1 aromatic heterocycles. The molecule has 1 rings (SSSR count). The van der Waals surface area contributed by atoms with Crippen molar-refractivity contribution in [2.24, 2.45) is 7.05 Å². The normalized spacial score (nSPS) is 10.6. The maximum Gasteiger partial charge on any atom is 0.133 e. The van der Waals surface area contributed by atoms with Crippen LogP contribution in [0.2, 0.25) is 0 Å². The molecule has 0 aliphatic heterocycles. The Morgan fingerprint density at radius 3 is 3.00 bits per heavy atom. The third-order valence-corrected chi connectivity index (χ3v) is 2.43. The number of hydrogen-bond acceptors (Lipinski definition) is 4. The molecule has 0 unspecified atom stereocenters. The van der Waals surface area contributed by atoms with Crippen LogP contribution in [0.3, 0.4) is 0 Å². The lowest BCUT2D eigenvalue weighted by Crippen LogP contribution is -2.21. The van der Waals surface area contributed by atoms with Gasteiger partial charge in [-0.1, -0.05) is 0 Å². The molecule has 0 radical (unpaired) electrons. The lowest BCUT2D eigenvalue weighted by Gasteiger charge is -2.02. The molecule has 0 aliphatic rings. The fourth-order valence-corrected chi connectivity index (χ4v) is 1.38. The summed E-state index contributed by atoms with van der Waals surface area (Å²) in [5.41, 5.74) is 0. The van der Waals surface area contributed by atoms with Crippen molar-refractivity contribution in [2.75, 3.05) is 25.1 Å². The van der Waals surface area contributed by atoms with Crippen LogP contribution in [0.25, 0.3) is 0 Å². The number of aromatic nitrogens is 3. The monoisotopic (exact) mass is 200 g/mol. The molecular weight excluding hydrogens is 184 g/mol. The van der Waals surface area contributed by atoms with Crippen molar-refractivity contribution in [2.45, 2.75) is 6.42 Å². The Kier molecular flexibility index (Phi) is 4.85. The topological polar surface area (TPSA) is 42.7 Å². The summed E-state index contributed by atoms with van der Waals surface area (Å²) in [7, 11) is 1.97. The van der Waals surface area contributed by atoms with E-state index in [0.717, 1.165) is 25.3 Å². The summed E-state index contributed by atoms with van der Waals surface area (Å²) in [6.45, 7) is 2.05. The average molecular weight is 200 g/mol. The second-order valence-electron chi connectivity index (χ2n) is 2.85. The summed E-state index contributed by atoms with van der Waals surface area (Å²) < 4.78 is 1.95. The van der Waals surface area contributed by atoms with Crippen molar-refractivity contribution >= 4 is 11.8 Å². The van der Waals surface area contributed by atoms with Crippen molar-refractivity contribution in [1.29, 1.82) is 0 Å². The van der Waals surface area contributed by atoms with Crippen molar-refractivity contribution in [3.05, 3.63) is 12.2 Å². The first kappa shape index (κ1) is 10.5. The van der Waals surface area contributed by atoms with E-state index in [2.05, 4.69) is 21.8 Å². The predicted molar refractivity (Wildman–Crippen MR) is 56.0 cm³/mol. The van der Waals surface area contributed by atoms with E-state index in [4.69, 9.17) is 0 Å². The quantitative estimate of drug-likeness (QED) is 0.671. The minimum Gasteiger partial charge on any atom is -0.321 e. The van der Waals surface area contributed by atoms with Crippen molar-refractivity contribution in [1.82, 2.24) is 20.1 Å². The lowest BCUT2D eigenvalue weighted by molar-refractivity contribution is 0.677. The Hall–Kier alpha value is -0.550.